The Morgan fingerprint density at radius 3 is 2.47 bits per heavy atom. The maximum absolute atomic E-state index is 5.33. The quantitative estimate of drug-likeness (QED) is 0.622. The molecule has 17 heavy (non-hydrogen) atoms. The minimum Gasteiger partial charge on any atom is -0.307 e. The number of aromatic nitrogens is 2. The summed E-state index contributed by atoms with van der Waals surface area (Å²) in [5.41, 5.74) is 7.11. The van der Waals surface area contributed by atoms with Crippen LogP contribution in [0.5, 0.6) is 0 Å². The Bertz CT molecular complexity index is 505. The molecule has 0 aliphatic carbocycles. The first kappa shape index (κ1) is 11.5. The molecule has 0 bridgehead atoms. The lowest BCUT2D eigenvalue weighted by atomic mass is 10.0. The van der Waals surface area contributed by atoms with Gasteiger partial charge >= 0.3 is 0 Å². The Labute approximate surface area is 101 Å². The van der Waals surface area contributed by atoms with Crippen LogP contribution in [0.4, 0.5) is 5.82 Å². The van der Waals surface area contributed by atoms with Gasteiger partial charge in [0.25, 0.3) is 0 Å². The molecular formula is C13H16N4. The summed E-state index contributed by atoms with van der Waals surface area (Å²) >= 11 is 0. The van der Waals surface area contributed by atoms with Crippen LogP contribution in [0.2, 0.25) is 0 Å². The van der Waals surface area contributed by atoms with Gasteiger partial charge in [-0.3, -0.25) is 0 Å². The summed E-state index contributed by atoms with van der Waals surface area (Å²) in [4.78, 5) is 0. The fraction of sp³-hybridized carbons (Fsp3) is 0.231. The molecule has 3 N–H and O–H groups in total. The van der Waals surface area contributed by atoms with Crippen molar-refractivity contribution >= 4 is 5.82 Å². The van der Waals surface area contributed by atoms with Gasteiger partial charge in [-0.2, -0.15) is 5.10 Å². The number of anilines is 1. The SMILES string of the molecule is Cc1ccc(Cc2cc(NN)nnc2C)cc1. The zero-order valence-electron chi connectivity index (χ0n) is 10.1. The van der Waals surface area contributed by atoms with E-state index in [0.717, 1.165) is 17.7 Å². The maximum Gasteiger partial charge on any atom is 0.162 e. The van der Waals surface area contributed by atoms with E-state index in [0.29, 0.717) is 5.82 Å². The van der Waals surface area contributed by atoms with Crippen molar-refractivity contribution in [2.24, 2.45) is 5.84 Å². The second-order valence-electron chi connectivity index (χ2n) is 4.15. The summed E-state index contributed by atoms with van der Waals surface area (Å²) < 4.78 is 0. The van der Waals surface area contributed by atoms with Crippen LogP contribution in [0.25, 0.3) is 0 Å². The van der Waals surface area contributed by atoms with Gasteiger partial charge in [0.05, 0.1) is 5.69 Å². The number of benzene rings is 1. The van der Waals surface area contributed by atoms with Crippen molar-refractivity contribution in [1.82, 2.24) is 10.2 Å². The lowest BCUT2D eigenvalue weighted by molar-refractivity contribution is 0.939. The standard InChI is InChI=1S/C13H16N4/c1-9-3-5-11(6-4-9)7-12-8-13(15-14)17-16-10(12)2/h3-6,8H,7,14H2,1-2H3,(H,15,17). The summed E-state index contributed by atoms with van der Waals surface area (Å²) in [6.45, 7) is 4.04. The highest BCUT2D eigenvalue weighted by atomic mass is 15.3. The van der Waals surface area contributed by atoms with Crippen LogP contribution in [-0.4, -0.2) is 10.2 Å². The largest absolute Gasteiger partial charge is 0.307 e. The third-order valence-electron chi connectivity index (χ3n) is 2.75. The molecule has 0 fully saturated rings. The number of nitrogens with one attached hydrogen (secondary N) is 1. The number of rotatable bonds is 3. The molecule has 2 rings (SSSR count). The van der Waals surface area contributed by atoms with Crippen molar-refractivity contribution in [2.45, 2.75) is 20.3 Å². The molecule has 88 valence electrons. The van der Waals surface area contributed by atoms with E-state index >= 15 is 0 Å². The third kappa shape index (κ3) is 2.79. The summed E-state index contributed by atoms with van der Waals surface area (Å²) in [5, 5.41) is 8.00. The van der Waals surface area contributed by atoms with E-state index in [9.17, 15) is 0 Å². The number of nitrogens with two attached hydrogens (primary N) is 1. The summed E-state index contributed by atoms with van der Waals surface area (Å²) in [6.07, 6.45) is 0.844. The van der Waals surface area contributed by atoms with Gasteiger partial charge in [0.2, 0.25) is 0 Å². The average Bonchev–Trinajstić information content (AvgIpc) is 2.35. The number of hydrogen-bond acceptors (Lipinski definition) is 4. The normalized spacial score (nSPS) is 10.3. The smallest absolute Gasteiger partial charge is 0.162 e. The first-order chi connectivity index (χ1) is 8.19. The Morgan fingerprint density at radius 1 is 1.12 bits per heavy atom. The number of nitrogen functional groups attached to an aromatic ring is 1. The Kier molecular flexibility index (Phi) is 3.35. The lowest BCUT2D eigenvalue weighted by Crippen LogP contribution is -2.10. The highest BCUT2D eigenvalue weighted by Gasteiger charge is 2.04. The predicted molar refractivity (Wildman–Crippen MR) is 68.6 cm³/mol. The molecule has 0 aliphatic heterocycles. The molecule has 0 saturated heterocycles. The topological polar surface area (TPSA) is 63.8 Å². The minimum atomic E-state index is 0.595. The second-order valence-corrected chi connectivity index (χ2v) is 4.15. The first-order valence-electron chi connectivity index (χ1n) is 5.54. The van der Waals surface area contributed by atoms with Crippen molar-refractivity contribution in [2.75, 3.05) is 5.43 Å². The van der Waals surface area contributed by atoms with Crippen molar-refractivity contribution in [3.8, 4) is 0 Å². The molecule has 4 heteroatoms. The van der Waals surface area contributed by atoms with E-state index in [1.165, 1.54) is 11.1 Å². The maximum atomic E-state index is 5.33. The van der Waals surface area contributed by atoms with Gasteiger partial charge in [-0.1, -0.05) is 29.8 Å². The van der Waals surface area contributed by atoms with Crippen LogP contribution >= 0.6 is 0 Å². The average molecular weight is 228 g/mol. The Balaban J connectivity index is 2.25. The zero-order chi connectivity index (χ0) is 12.3. The van der Waals surface area contributed by atoms with Gasteiger partial charge in [-0.15, -0.1) is 5.10 Å². The summed E-state index contributed by atoms with van der Waals surface area (Å²) in [7, 11) is 0. The molecule has 1 heterocycles. The van der Waals surface area contributed by atoms with E-state index in [-0.39, 0.29) is 0 Å². The van der Waals surface area contributed by atoms with Crippen molar-refractivity contribution in [3.05, 3.63) is 52.7 Å². The van der Waals surface area contributed by atoms with Crippen LogP contribution in [0, 0.1) is 13.8 Å². The van der Waals surface area contributed by atoms with Crippen LogP contribution in [0.15, 0.2) is 30.3 Å². The first-order valence-corrected chi connectivity index (χ1v) is 5.54. The van der Waals surface area contributed by atoms with Gasteiger partial charge in [-0.25, -0.2) is 5.84 Å². The molecule has 1 aromatic heterocycles. The molecule has 0 radical (unpaired) electrons. The third-order valence-corrected chi connectivity index (χ3v) is 2.75. The second kappa shape index (κ2) is 4.93. The molecule has 0 unspecified atom stereocenters. The van der Waals surface area contributed by atoms with E-state index in [1.807, 2.05) is 13.0 Å². The summed E-state index contributed by atoms with van der Waals surface area (Å²) in [5.74, 6) is 5.92. The van der Waals surface area contributed by atoms with Gasteiger partial charge in [0.1, 0.15) is 0 Å². The molecule has 0 atom stereocenters. The van der Waals surface area contributed by atoms with Gasteiger partial charge in [-0.05, 0) is 37.5 Å². The van der Waals surface area contributed by atoms with Gasteiger partial charge in [0.15, 0.2) is 5.82 Å². The molecule has 4 nitrogen and oxygen atoms in total. The van der Waals surface area contributed by atoms with Crippen molar-refractivity contribution < 1.29 is 0 Å². The number of aryl methyl sites for hydroxylation is 2. The molecular weight excluding hydrogens is 212 g/mol. The summed E-state index contributed by atoms with van der Waals surface area (Å²) in [6, 6.07) is 10.4. The minimum absolute atomic E-state index is 0.595. The van der Waals surface area contributed by atoms with E-state index < -0.39 is 0 Å². The Hall–Kier alpha value is -1.94. The van der Waals surface area contributed by atoms with E-state index in [4.69, 9.17) is 5.84 Å². The molecule has 0 saturated carbocycles. The number of hydrogen-bond donors (Lipinski definition) is 2. The van der Waals surface area contributed by atoms with Crippen LogP contribution in [0.3, 0.4) is 0 Å². The van der Waals surface area contributed by atoms with Crippen molar-refractivity contribution in [1.29, 1.82) is 0 Å². The van der Waals surface area contributed by atoms with Crippen molar-refractivity contribution in [3.63, 3.8) is 0 Å². The van der Waals surface area contributed by atoms with Gasteiger partial charge in [0, 0.05) is 0 Å². The Morgan fingerprint density at radius 2 is 1.82 bits per heavy atom. The highest BCUT2D eigenvalue weighted by Crippen LogP contribution is 2.14. The van der Waals surface area contributed by atoms with E-state index in [2.05, 4.69) is 46.8 Å². The number of nitrogens with zero attached hydrogens (tertiary/aromatic N) is 2. The van der Waals surface area contributed by atoms with Crippen LogP contribution in [-0.2, 0) is 6.42 Å². The predicted octanol–water partition coefficient (Wildman–Crippen LogP) is 1.97. The fourth-order valence-corrected chi connectivity index (χ4v) is 1.67. The molecule has 0 spiro atoms. The lowest BCUT2D eigenvalue weighted by Gasteiger charge is -2.07. The fourth-order valence-electron chi connectivity index (χ4n) is 1.67. The highest BCUT2D eigenvalue weighted by molar-refractivity contribution is 5.39. The molecule has 2 aromatic rings. The van der Waals surface area contributed by atoms with Gasteiger partial charge < -0.3 is 5.43 Å². The number of hydrazine groups is 1. The monoisotopic (exact) mass is 228 g/mol. The van der Waals surface area contributed by atoms with Crippen LogP contribution < -0.4 is 11.3 Å². The van der Waals surface area contributed by atoms with Crippen LogP contribution in [0.1, 0.15) is 22.4 Å². The molecule has 0 amide bonds. The zero-order valence-corrected chi connectivity index (χ0v) is 10.1. The van der Waals surface area contributed by atoms with E-state index in [1.54, 1.807) is 0 Å². The molecule has 0 aliphatic rings. The molecule has 1 aromatic carbocycles.